The van der Waals surface area contributed by atoms with Gasteiger partial charge >= 0.3 is 17.7 Å². The van der Waals surface area contributed by atoms with Crippen LogP contribution in [0.5, 0.6) is 0 Å². The quantitative estimate of drug-likeness (QED) is 0.635. The number of hydrogen-bond donors (Lipinski definition) is 0. The Morgan fingerprint density at radius 3 is 2.57 bits per heavy atom. The zero-order chi connectivity index (χ0) is 21.7. The molecule has 1 fully saturated rings. The minimum atomic E-state index is -0.486. The van der Waals surface area contributed by atoms with Crippen molar-refractivity contribution in [1.29, 1.82) is 0 Å². The third-order valence-electron chi connectivity index (χ3n) is 5.29. The summed E-state index contributed by atoms with van der Waals surface area (Å²) in [6.45, 7) is 3.11. The van der Waals surface area contributed by atoms with E-state index >= 15 is 0 Å². The van der Waals surface area contributed by atoms with E-state index in [1.54, 1.807) is 34.6 Å². The molecule has 1 aromatic heterocycles. The fourth-order valence-electron chi connectivity index (χ4n) is 3.77. The minimum Gasteiger partial charge on any atom is -0.466 e. The highest BCUT2D eigenvalue weighted by Gasteiger charge is 2.27. The van der Waals surface area contributed by atoms with Crippen molar-refractivity contribution in [3.8, 4) is 0 Å². The monoisotopic (exact) mass is 418 g/mol. The molecule has 0 bridgehead atoms. The van der Waals surface area contributed by atoms with E-state index in [0.29, 0.717) is 62.0 Å². The molecule has 0 spiro atoms. The second kappa shape index (κ2) is 9.60. The van der Waals surface area contributed by atoms with E-state index in [4.69, 9.17) is 13.9 Å². The van der Waals surface area contributed by atoms with Crippen molar-refractivity contribution in [3.63, 3.8) is 0 Å². The highest BCUT2D eigenvalue weighted by atomic mass is 16.5. The Hall–Kier alpha value is -3.10. The zero-order valence-electron chi connectivity index (χ0n) is 17.2. The van der Waals surface area contributed by atoms with Crippen LogP contribution in [-0.2, 0) is 19.1 Å². The molecule has 0 saturated carbocycles. The molecule has 0 atom stereocenters. The average molecular weight is 418 g/mol. The first-order chi connectivity index (χ1) is 14.4. The van der Waals surface area contributed by atoms with Crippen molar-refractivity contribution in [1.82, 2.24) is 9.47 Å². The predicted molar refractivity (Wildman–Crippen MR) is 107 cm³/mol. The van der Waals surface area contributed by atoms with Crippen molar-refractivity contribution in [2.75, 3.05) is 26.8 Å². The lowest BCUT2D eigenvalue weighted by molar-refractivity contribution is -0.143. The van der Waals surface area contributed by atoms with Gasteiger partial charge in [-0.15, -0.1) is 0 Å². The van der Waals surface area contributed by atoms with Crippen LogP contribution in [0.2, 0.25) is 0 Å². The number of likely N-dealkylation sites (tertiary alicyclic amines) is 1. The summed E-state index contributed by atoms with van der Waals surface area (Å²) in [4.78, 5) is 49.8. The highest BCUT2D eigenvalue weighted by molar-refractivity contribution is 5.93. The summed E-state index contributed by atoms with van der Waals surface area (Å²) >= 11 is 0. The summed E-state index contributed by atoms with van der Waals surface area (Å²) in [5, 5.41) is 0. The normalized spacial score (nSPS) is 14.7. The number of piperidine rings is 1. The van der Waals surface area contributed by atoms with Gasteiger partial charge in [-0.05, 0) is 44.4 Å². The van der Waals surface area contributed by atoms with Crippen LogP contribution in [0.4, 0.5) is 0 Å². The van der Waals surface area contributed by atoms with E-state index in [0.717, 1.165) is 0 Å². The van der Waals surface area contributed by atoms with Crippen LogP contribution in [-0.4, -0.2) is 54.1 Å². The fraction of sp³-hybridized carbons (Fsp3) is 0.524. The molecule has 1 amide bonds. The summed E-state index contributed by atoms with van der Waals surface area (Å²) in [5.74, 6) is -1.26. The lowest BCUT2D eigenvalue weighted by Crippen LogP contribution is -2.40. The topological polar surface area (TPSA) is 108 Å². The summed E-state index contributed by atoms with van der Waals surface area (Å²) in [6, 6.07) is 4.61. The van der Waals surface area contributed by atoms with E-state index in [1.165, 1.54) is 7.11 Å². The molecule has 3 rings (SSSR count). The fourth-order valence-corrected chi connectivity index (χ4v) is 3.77. The predicted octanol–water partition coefficient (Wildman–Crippen LogP) is 2.28. The lowest BCUT2D eigenvalue weighted by atomic mass is 10.0. The van der Waals surface area contributed by atoms with Crippen LogP contribution in [0.25, 0.3) is 11.1 Å². The summed E-state index contributed by atoms with van der Waals surface area (Å²) in [5.41, 5.74) is 1.29. The lowest BCUT2D eigenvalue weighted by Gasteiger charge is -2.32. The van der Waals surface area contributed by atoms with Crippen molar-refractivity contribution < 1.29 is 28.3 Å². The number of carbonyl (C=O) groups is 3. The zero-order valence-corrected chi connectivity index (χ0v) is 17.2. The number of fused-ring (bicyclic) bond motifs is 1. The maximum atomic E-state index is 12.4. The maximum Gasteiger partial charge on any atom is 0.420 e. The Kier molecular flexibility index (Phi) is 6.91. The molecular weight excluding hydrogens is 392 g/mol. The Labute approximate surface area is 173 Å². The number of oxazole rings is 1. The Bertz CT molecular complexity index is 983. The first-order valence-electron chi connectivity index (χ1n) is 10.1. The van der Waals surface area contributed by atoms with Gasteiger partial charge in [-0.3, -0.25) is 14.2 Å². The summed E-state index contributed by atoms with van der Waals surface area (Å²) in [7, 11) is 1.30. The van der Waals surface area contributed by atoms with E-state index in [1.807, 2.05) is 0 Å². The molecule has 1 aromatic carbocycles. The van der Waals surface area contributed by atoms with Crippen LogP contribution in [0.15, 0.2) is 27.4 Å². The number of benzene rings is 1. The standard InChI is InChI=1S/C21H26N2O7/c1-3-29-19(25)6-4-5-18(24)22-11-9-15(10-12-22)23-16-13-14(20(26)28-2)7-8-17(16)30-21(23)27/h7-8,13,15H,3-6,9-12H2,1-2H3. The van der Waals surface area contributed by atoms with Gasteiger partial charge in [-0.2, -0.15) is 0 Å². The first-order valence-corrected chi connectivity index (χ1v) is 10.1. The molecule has 30 heavy (non-hydrogen) atoms. The van der Waals surface area contributed by atoms with Crippen molar-refractivity contribution in [2.24, 2.45) is 0 Å². The third kappa shape index (κ3) is 4.72. The first kappa shape index (κ1) is 21.6. The number of amides is 1. The van der Waals surface area contributed by atoms with Gasteiger partial charge in [0.1, 0.15) is 0 Å². The van der Waals surface area contributed by atoms with Gasteiger partial charge in [0.05, 0.1) is 24.8 Å². The van der Waals surface area contributed by atoms with Crippen molar-refractivity contribution in [2.45, 2.75) is 45.1 Å². The van der Waals surface area contributed by atoms with Gasteiger partial charge in [0.2, 0.25) is 5.91 Å². The molecule has 1 aliphatic heterocycles. The molecular formula is C21H26N2O7. The number of carbonyl (C=O) groups excluding carboxylic acids is 3. The number of methoxy groups -OCH3 is 1. The number of ether oxygens (including phenoxy) is 2. The molecule has 2 heterocycles. The molecule has 162 valence electrons. The Balaban J connectivity index is 1.63. The SMILES string of the molecule is CCOC(=O)CCCC(=O)N1CCC(n2c(=O)oc3ccc(C(=O)OC)cc32)CC1. The molecule has 0 radical (unpaired) electrons. The van der Waals surface area contributed by atoms with Gasteiger partial charge in [-0.1, -0.05) is 0 Å². The molecule has 2 aromatic rings. The largest absolute Gasteiger partial charge is 0.466 e. The van der Waals surface area contributed by atoms with Gasteiger partial charge in [0.15, 0.2) is 5.58 Å². The van der Waals surface area contributed by atoms with Crippen LogP contribution in [0, 0.1) is 0 Å². The second-order valence-electron chi connectivity index (χ2n) is 7.18. The Morgan fingerprint density at radius 2 is 1.90 bits per heavy atom. The average Bonchev–Trinajstić information content (AvgIpc) is 3.08. The number of esters is 2. The summed E-state index contributed by atoms with van der Waals surface area (Å²) < 4.78 is 16.5. The van der Waals surface area contributed by atoms with Crippen LogP contribution >= 0.6 is 0 Å². The molecule has 1 saturated heterocycles. The minimum absolute atomic E-state index is 0.00451. The third-order valence-corrected chi connectivity index (χ3v) is 5.29. The molecule has 1 aliphatic rings. The van der Waals surface area contributed by atoms with Crippen molar-refractivity contribution >= 4 is 28.9 Å². The van der Waals surface area contributed by atoms with E-state index < -0.39 is 11.7 Å². The van der Waals surface area contributed by atoms with E-state index in [-0.39, 0.29) is 24.3 Å². The second-order valence-corrected chi connectivity index (χ2v) is 7.18. The number of hydrogen-bond acceptors (Lipinski definition) is 7. The number of aromatic nitrogens is 1. The highest BCUT2D eigenvalue weighted by Crippen LogP contribution is 2.27. The van der Waals surface area contributed by atoms with Crippen LogP contribution in [0.1, 0.15) is 55.4 Å². The smallest absolute Gasteiger partial charge is 0.420 e. The van der Waals surface area contributed by atoms with E-state index in [2.05, 4.69) is 0 Å². The molecule has 9 nitrogen and oxygen atoms in total. The summed E-state index contributed by atoms with van der Waals surface area (Å²) in [6.07, 6.45) is 2.18. The van der Waals surface area contributed by atoms with Gasteiger partial charge in [0, 0.05) is 32.0 Å². The van der Waals surface area contributed by atoms with Gasteiger partial charge < -0.3 is 18.8 Å². The molecule has 0 unspecified atom stereocenters. The molecule has 0 N–H and O–H groups in total. The number of nitrogens with zero attached hydrogens (tertiary/aromatic N) is 2. The van der Waals surface area contributed by atoms with Gasteiger partial charge in [-0.25, -0.2) is 9.59 Å². The maximum absolute atomic E-state index is 12.4. The van der Waals surface area contributed by atoms with Crippen LogP contribution < -0.4 is 5.76 Å². The van der Waals surface area contributed by atoms with E-state index in [9.17, 15) is 19.2 Å². The molecule has 9 heteroatoms. The van der Waals surface area contributed by atoms with Crippen LogP contribution in [0.3, 0.4) is 0 Å². The molecule has 0 aliphatic carbocycles. The number of rotatable bonds is 7. The van der Waals surface area contributed by atoms with Crippen molar-refractivity contribution in [3.05, 3.63) is 34.3 Å². The Morgan fingerprint density at radius 1 is 1.17 bits per heavy atom. The van der Waals surface area contributed by atoms with Gasteiger partial charge in [0.25, 0.3) is 0 Å².